The molecule has 0 radical (unpaired) electrons. The first-order valence-electron chi connectivity index (χ1n) is 8.83. The Balaban J connectivity index is 1.55. The summed E-state index contributed by atoms with van der Waals surface area (Å²) in [5.41, 5.74) is 1.60. The molecule has 27 heavy (non-hydrogen) atoms. The number of amides is 2. The number of fused-ring (bicyclic) bond motifs is 2. The zero-order valence-electron chi connectivity index (χ0n) is 14.4. The Labute approximate surface area is 185 Å². The smallest absolute Gasteiger partial charge is 0.228 e. The van der Waals surface area contributed by atoms with Crippen molar-refractivity contribution in [1.82, 2.24) is 0 Å². The highest BCUT2D eigenvalue weighted by molar-refractivity contribution is 14.1. The summed E-state index contributed by atoms with van der Waals surface area (Å²) < 4.78 is 1.98. The number of benzene rings is 2. The van der Waals surface area contributed by atoms with E-state index in [-0.39, 0.29) is 35.5 Å². The quantitative estimate of drug-likeness (QED) is 0.397. The lowest BCUT2D eigenvalue weighted by Gasteiger charge is -2.26. The van der Waals surface area contributed by atoms with Gasteiger partial charge in [0.2, 0.25) is 11.8 Å². The normalized spacial score (nSPS) is 25.4. The molecule has 4 nitrogen and oxygen atoms in total. The van der Waals surface area contributed by atoms with E-state index < -0.39 is 0 Å². The van der Waals surface area contributed by atoms with E-state index in [2.05, 4.69) is 68.0 Å². The molecule has 0 aliphatic heterocycles. The molecule has 2 aromatic rings. The molecule has 2 amide bonds. The number of nitrogens with one attached hydrogen (secondary N) is 2. The lowest BCUT2D eigenvalue weighted by atomic mass is 9.81. The lowest BCUT2D eigenvalue weighted by molar-refractivity contribution is -0.129. The molecule has 6 heteroatoms. The number of carbonyl (C=O) groups is 2. The molecule has 0 unspecified atom stereocenters. The van der Waals surface area contributed by atoms with Gasteiger partial charge >= 0.3 is 0 Å². The summed E-state index contributed by atoms with van der Waals surface area (Å²) in [4.78, 5) is 26.1. The molecule has 2 aliphatic carbocycles. The van der Waals surface area contributed by atoms with Crippen LogP contribution in [0, 0.1) is 30.8 Å². The molecule has 2 aromatic carbocycles. The largest absolute Gasteiger partial charge is 0.325 e. The van der Waals surface area contributed by atoms with E-state index in [1.165, 1.54) is 0 Å². The lowest BCUT2D eigenvalue weighted by Crippen LogP contribution is -2.39. The van der Waals surface area contributed by atoms with Crippen LogP contribution >= 0.6 is 45.2 Å². The van der Waals surface area contributed by atoms with E-state index in [0.29, 0.717) is 0 Å². The fourth-order valence-corrected chi connectivity index (χ4v) is 5.14. The van der Waals surface area contributed by atoms with Gasteiger partial charge in [0.25, 0.3) is 0 Å². The van der Waals surface area contributed by atoms with Gasteiger partial charge in [-0.15, -0.1) is 0 Å². The van der Waals surface area contributed by atoms with Crippen LogP contribution in [0.25, 0.3) is 0 Å². The van der Waals surface area contributed by atoms with Crippen LogP contribution in [-0.2, 0) is 9.59 Å². The molecular formula is C21H18I2N2O2. The zero-order valence-corrected chi connectivity index (χ0v) is 18.7. The predicted octanol–water partition coefficient (Wildman–Crippen LogP) is 4.91. The third-order valence-corrected chi connectivity index (χ3v) is 7.21. The SMILES string of the molecule is O=C(Nc1ccccc1I)[C@@H]1[C@@H](C(=O)Nc2ccccc2I)[C@H]2C=C[C@@H]1C2. The second-order valence-electron chi connectivity index (χ2n) is 6.94. The van der Waals surface area contributed by atoms with Crippen molar-refractivity contribution in [2.45, 2.75) is 6.42 Å². The fraction of sp³-hybridized carbons (Fsp3) is 0.238. The van der Waals surface area contributed by atoms with Crippen LogP contribution in [-0.4, -0.2) is 11.8 Å². The van der Waals surface area contributed by atoms with Crippen molar-refractivity contribution < 1.29 is 9.59 Å². The summed E-state index contributed by atoms with van der Waals surface area (Å²) in [5, 5.41) is 6.07. The Morgan fingerprint density at radius 2 is 1.15 bits per heavy atom. The van der Waals surface area contributed by atoms with Gasteiger partial charge < -0.3 is 10.6 Å². The third kappa shape index (κ3) is 3.78. The molecule has 0 spiro atoms. The molecule has 2 bridgehead atoms. The monoisotopic (exact) mass is 584 g/mol. The van der Waals surface area contributed by atoms with Gasteiger partial charge in [-0.1, -0.05) is 36.4 Å². The van der Waals surface area contributed by atoms with Crippen molar-refractivity contribution in [3.63, 3.8) is 0 Å². The predicted molar refractivity (Wildman–Crippen MR) is 123 cm³/mol. The minimum absolute atomic E-state index is 0.0705. The van der Waals surface area contributed by atoms with Crippen LogP contribution in [0.1, 0.15) is 6.42 Å². The second-order valence-corrected chi connectivity index (χ2v) is 9.26. The van der Waals surface area contributed by atoms with Crippen LogP contribution in [0.2, 0.25) is 0 Å². The maximum Gasteiger partial charge on any atom is 0.228 e. The van der Waals surface area contributed by atoms with Gasteiger partial charge in [0, 0.05) is 7.14 Å². The second kappa shape index (κ2) is 7.90. The summed E-state index contributed by atoms with van der Waals surface area (Å²) >= 11 is 4.42. The molecule has 1 fully saturated rings. The van der Waals surface area contributed by atoms with E-state index in [9.17, 15) is 9.59 Å². The number of rotatable bonds is 4. The first-order chi connectivity index (χ1) is 13.0. The average Bonchev–Trinajstić information content (AvgIpc) is 3.27. The topological polar surface area (TPSA) is 58.2 Å². The summed E-state index contributed by atoms with van der Waals surface area (Å²) in [6.45, 7) is 0. The van der Waals surface area contributed by atoms with Gasteiger partial charge in [0.05, 0.1) is 23.2 Å². The van der Waals surface area contributed by atoms with Crippen LogP contribution < -0.4 is 10.6 Å². The van der Waals surface area contributed by atoms with E-state index >= 15 is 0 Å². The van der Waals surface area contributed by atoms with E-state index in [1.54, 1.807) is 0 Å². The van der Waals surface area contributed by atoms with Crippen molar-refractivity contribution in [3.8, 4) is 0 Å². The summed E-state index contributed by atoms with van der Waals surface area (Å²) in [6, 6.07) is 15.4. The Hall–Kier alpha value is -1.42. The molecule has 2 aliphatic rings. The van der Waals surface area contributed by atoms with Gasteiger partial charge in [0.1, 0.15) is 0 Å². The highest BCUT2D eigenvalue weighted by Crippen LogP contribution is 2.49. The Morgan fingerprint density at radius 1 is 0.741 bits per heavy atom. The Bertz CT molecular complexity index is 854. The highest BCUT2D eigenvalue weighted by atomic mass is 127. The summed E-state index contributed by atoms with van der Waals surface area (Å²) in [6.07, 6.45) is 5.07. The molecule has 4 atom stereocenters. The first kappa shape index (κ1) is 18.9. The van der Waals surface area contributed by atoms with Crippen molar-refractivity contribution in [2.24, 2.45) is 23.7 Å². The van der Waals surface area contributed by atoms with Crippen LogP contribution in [0.4, 0.5) is 11.4 Å². The standard InChI is InChI=1S/C21H18I2N2O2/c22-14-5-1-3-7-16(14)24-20(26)18-12-9-10-13(11-12)19(18)21(27)25-17-8-4-2-6-15(17)23/h1-10,12-13,18-19H,11H2,(H,24,26)(H,25,27)/t12-,13+,18-,19-/m0/s1. The molecule has 0 aromatic heterocycles. The van der Waals surface area contributed by atoms with Gasteiger partial charge in [-0.2, -0.15) is 0 Å². The van der Waals surface area contributed by atoms with Gasteiger partial charge in [0.15, 0.2) is 0 Å². The molecule has 0 heterocycles. The zero-order chi connectivity index (χ0) is 19.0. The molecule has 0 saturated heterocycles. The average molecular weight is 584 g/mol. The van der Waals surface area contributed by atoms with E-state index in [0.717, 1.165) is 24.9 Å². The maximum absolute atomic E-state index is 13.1. The van der Waals surface area contributed by atoms with Crippen molar-refractivity contribution in [3.05, 3.63) is 67.8 Å². The minimum atomic E-state index is -0.336. The number of carbonyl (C=O) groups excluding carboxylic acids is 2. The Kier molecular flexibility index (Phi) is 5.54. The highest BCUT2D eigenvalue weighted by Gasteiger charge is 2.51. The third-order valence-electron chi connectivity index (χ3n) is 5.33. The van der Waals surface area contributed by atoms with Crippen molar-refractivity contribution >= 4 is 68.4 Å². The molecule has 1 saturated carbocycles. The number of hydrogen-bond donors (Lipinski definition) is 2. The number of para-hydroxylation sites is 2. The number of anilines is 2. The Morgan fingerprint density at radius 3 is 1.56 bits per heavy atom. The molecule has 4 rings (SSSR count). The molecular weight excluding hydrogens is 566 g/mol. The molecule has 138 valence electrons. The van der Waals surface area contributed by atoms with Gasteiger partial charge in [-0.25, -0.2) is 0 Å². The van der Waals surface area contributed by atoms with Gasteiger partial charge in [-0.05, 0) is 87.7 Å². The van der Waals surface area contributed by atoms with Crippen LogP contribution in [0.15, 0.2) is 60.7 Å². The number of halogens is 2. The van der Waals surface area contributed by atoms with Crippen LogP contribution in [0.3, 0.4) is 0 Å². The summed E-state index contributed by atoms with van der Waals surface area (Å²) in [7, 11) is 0. The van der Waals surface area contributed by atoms with Crippen molar-refractivity contribution in [2.75, 3.05) is 10.6 Å². The van der Waals surface area contributed by atoms with E-state index in [4.69, 9.17) is 0 Å². The first-order valence-corrected chi connectivity index (χ1v) is 11.0. The van der Waals surface area contributed by atoms with Crippen molar-refractivity contribution in [1.29, 1.82) is 0 Å². The van der Waals surface area contributed by atoms with E-state index in [1.807, 2.05) is 48.5 Å². The maximum atomic E-state index is 13.1. The van der Waals surface area contributed by atoms with Crippen LogP contribution in [0.5, 0.6) is 0 Å². The minimum Gasteiger partial charge on any atom is -0.325 e. The fourth-order valence-electron chi connectivity index (χ4n) is 4.09. The van der Waals surface area contributed by atoms with Gasteiger partial charge in [-0.3, -0.25) is 9.59 Å². The number of allylic oxidation sites excluding steroid dienone is 2. The summed E-state index contributed by atoms with van der Waals surface area (Å²) in [5.74, 6) is -0.559. The molecule has 2 N–H and O–H groups in total. The number of hydrogen-bond acceptors (Lipinski definition) is 2.